The van der Waals surface area contributed by atoms with E-state index in [1.807, 2.05) is 133 Å². The van der Waals surface area contributed by atoms with Gasteiger partial charge in [-0.15, -0.1) is 0 Å². The number of alkyl halides is 3. The summed E-state index contributed by atoms with van der Waals surface area (Å²) in [6.07, 6.45) is -4.49. The highest BCUT2D eigenvalue weighted by Gasteiger charge is 2.31. The minimum absolute atomic E-state index is 0.424. The maximum absolute atomic E-state index is 14.1. The summed E-state index contributed by atoms with van der Waals surface area (Å²) in [4.78, 5) is 15.1. The van der Waals surface area contributed by atoms with E-state index in [9.17, 15) is 13.2 Å². The number of rotatable bonds is 5. The maximum Gasteiger partial charge on any atom is 0.416 e. The fraction of sp³-hybridized carbons (Fsp3) is 0.0426. The van der Waals surface area contributed by atoms with Crippen LogP contribution >= 0.6 is 0 Å². The number of aromatic nitrogens is 4. The van der Waals surface area contributed by atoms with Gasteiger partial charge in [-0.05, 0) is 78.7 Å². The van der Waals surface area contributed by atoms with Crippen LogP contribution in [0.2, 0.25) is 0 Å². The quantitative estimate of drug-likeness (QED) is 0.177. The second kappa shape index (κ2) is 12.5. The van der Waals surface area contributed by atoms with Gasteiger partial charge in [0.2, 0.25) is 0 Å². The largest absolute Gasteiger partial charge is 0.456 e. The molecule has 264 valence electrons. The summed E-state index contributed by atoms with van der Waals surface area (Å²) in [6.45, 7) is 1.94. The minimum Gasteiger partial charge on any atom is -0.456 e. The van der Waals surface area contributed by atoms with Gasteiger partial charge in [0.25, 0.3) is 0 Å². The molecule has 3 aromatic heterocycles. The fourth-order valence-electron chi connectivity index (χ4n) is 7.50. The highest BCUT2D eigenvalue weighted by molar-refractivity contribution is 6.10. The Morgan fingerprint density at radius 1 is 0.473 bits per heavy atom. The molecule has 0 saturated carbocycles. The molecule has 8 heteroatoms. The third-order valence-corrected chi connectivity index (χ3v) is 10.1. The van der Waals surface area contributed by atoms with Crippen LogP contribution in [-0.4, -0.2) is 19.5 Å². The van der Waals surface area contributed by atoms with Gasteiger partial charge >= 0.3 is 6.18 Å². The number of aryl methyl sites for hydroxylation is 1. The molecule has 0 N–H and O–H groups in total. The van der Waals surface area contributed by atoms with E-state index in [1.54, 1.807) is 6.07 Å². The SMILES string of the molecule is Cc1ccc2c(c1)c1cc(C(F)(F)F)ccc1n2-c1ccc(-c2ccc3oc4ccccc4c3c2)cc1-c1nc(-c2ccccc2)nc(-c2ccccc2)n1. The smallest absolute Gasteiger partial charge is 0.416 e. The lowest BCUT2D eigenvalue weighted by Gasteiger charge is -2.16. The molecule has 0 unspecified atom stereocenters. The van der Waals surface area contributed by atoms with Crippen molar-refractivity contribution in [3.05, 3.63) is 169 Å². The van der Waals surface area contributed by atoms with Crippen LogP contribution in [0.1, 0.15) is 11.1 Å². The zero-order chi connectivity index (χ0) is 37.3. The van der Waals surface area contributed by atoms with E-state index in [4.69, 9.17) is 19.4 Å². The third kappa shape index (κ3) is 5.61. The third-order valence-electron chi connectivity index (χ3n) is 10.1. The van der Waals surface area contributed by atoms with E-state index in [0.717, 1.165) is 66.7 Å². The van der Waals surface area contributed by atoms with Crippen molar-refractivity contribution >= 4 is 43.7 Å². The van der Waals surface area contributed by atoms with Crippen LogP contribution < -0.4 is 0 Å². The monoisotopic (exact) mass is 722 g/mol. The number of fused-ring (bicyclic) bond motifs is 6. The van der Waals surface area contributed by atoms with Gasteiger partial charge in [0.05, 0.1) is 22.3 Å². The second-order valence-electron chi connectivity index (χ2n) is 13.7. The number of hydrogen-bond acceptors (Lipinski definition) is 4. The first-order valence-electron chi connectivity index (χ1n) is 17.8. The van der Waals surface area contributed by atoms with Crippen molar-refractivity contribution in [2.75, 3.05) is 0 Å². The van der Waals surface area contributed by atoms with Gasteiger partial charge in [-0.25, -0.2) is 15.0 Å². The van der Waals surface area contributed by atoms with Crippen LogP contribution in [0.5, 0.6) is 0 Å². The highest BCUT2D eigenvalue weighted by Crippen LogP contribution is 2.41. The Hall–Kier alpha value is -7.06. The second-order valence-corrected chi connectivity index (χ2v) is 13.7. The number of nitrogens with zero attached hydrogens (tertiary/aromatic N) is 4. The van der Waals surface area contributed by atoms with E-state index in [2.05, 4.69) is 18.2 Å². The minimum atomic E-state index is -4.49. The molecule has 0 saturated heterocycles. The van der Waals surface area contributed by atoms with Crippen molar-refractivity contribution in [3.8, 4) is 51.0 Å². The molecule has 0 bridgehead atoms. The van der Waals surface area contributed by atoms with Gasteiger partial charge in [0.1, 0.15) is 11.2 Å². The van der Waals surface area contributed by atoms with Crippen molar-refractivity contribution < 1.29 is 17.6 Å². The van der Waals surface area contributed by atoms with Crippen LogP contribution in [0.4, 0.5) is 13.2 Å². The van der Waals surface area contributed by atoms with Gasteiger partial charge in [-0.1, -0.05) is 103 Å². The van der Waals surface area contributed by atoms with E-state index < -0.39 is 11.7 Å². The summed E-state index contributed by atoms with van der Waals surface area (Å²) >= 11 is 0. The molecule has 3 heterocycles. The molecule has 5 nitrogen and oxygen atoms in total. The Morgan fingerprint density at radius 3 is 1.76 bits per heavy atom. The first-order chi connectivity index (χ1) is 26.8. The predicted molar refractivity (Wildman–Crippen MR) is 213 cm³/mol. The van der Waals surface area contributed by atoms with Crippen molar-refractivity contribution in [3.63, 3.8) is 0 Å². The summed E-state index contributed by atoms with van der Waals surface area (Å²) in [5.74, 6) is 1.42. The van der Waals surface area contributed by atoms with Gasteiger partial charge in [-0.3, -0.25) is 0 Å². The van der Waals surface area contributed by atoms with Crippen LogP contribution in [0.3, 0.4) is 0 Å². The molecule has 0 radical (unpaired) electrons. The number of furan rings is 1. The molecule has 0 fully saturated rings. The average molecular weight is 723 g/mol. The first kappa shape index (κ1) is 32.6. The Balaban J connectivity index is 1.28. The fourth-order valence-corrected chi connectivity index (χ4v) is 7.50. The molecule has 55 heavy (non-hydrogen) atoms. The lowest BCUT2D eigenvalue weighted by molar-refractivity contribution is -0.137. The summed E-state index contributed by atoms with van der Waals surface area (Å²) in [5, 5.41) is 3.24. The molecule has 0 atom stereocenters. The number of hydrogen-bond donors (Lipinski definition) is 0. The maximum atomic E-state index is 14.1. The Labute approximate surface area is 313 Å². The lowest BCUT2D eigenvalue weighted by atomic mass is 9.99. The zero-order valence-electron chi connectivity index (χ0n) is 29.3. The molecular weight excluding hydrogens is 694 g/mol. The van der Waals surface area contributed by atoms with E-state index in [-0.39, 0.29) is 0 Å². The van der Waals surface area contributed by atoms with Crippen LogP contribution in [-0.2, 0) is 6.18 Å². The van der Waals surface area contributed by atoms with Crippen LogP contribution in [0.15, 0.2) is 162 Å². The van der Waals surface area contributed by atoms with Crippen LogP contribution in [0, 0.1) is 6.92 Å². The summed E-state index contributed by atoms with van der Waals surface area (Å²) < 4.78 is 50.5. The molecule has 0 aliphatic heterocycles. The number of benzene rings is 7. The van der Waals surface area contributed by atoms with Gasteiger partial charge < -0.3 is 8.98 Å². The van der Waals surface area contributed by atoms with Crippen molar-refractivity contribution in [1.82, 2.24) is 19.5 Å². The summed E-state index contributed by atoms with van der Waals surface area (Å²) in [7, 11) is 0. The molecule has 0 aliphatic rings. The summed E-state index contributed by atoms with van der Waals surface area (Å²) in [6, 6.07) is 49.5. The average Bonchev–Trinajstić information content (AvgIpc) is 3.75. The van der Waals surface area contributed by atoms with E-state index >= 15 is 0 Å². The first-order valence-corrected chi connectivity index (χ1v) is 17.8. The molecule has 0 aliphatic carbocycles. The topological polar surface area (TPSA) is 56.7 Å². The molecular formula is C47H29F3N4O. The lowest BCUT2D eigenvalue weighted by Crippen LogP contribution is -2.05. The van der Waals surface area contributed by atoms with Crippen molar-refractivity contribution in [2.24, 2.45) is 0 Å². The highest BCUT2D eigenvalue weighted by atomic mass is 19.4. The van der Waals surface area contributed by atoms with Gasteiger partial charge in [0, 0.05) is 38.2 Å². The van der Waals surface area contributed by atoms with E-state index in [1.165, 1.54) is 6.07 Å². The zero-order valence-corrected chi connectivity index (χ0v) is 29.3. The number of para-hydroxylation sites is 1. The standard InChI is InChI=1S/C47H29F3N4O/c1-28-16-20-39-35(24-28)36-27-33(47(48,49)50)19-22-40(36)54(39)41-21-17-31(32-18-23-43-37(25-32)34-14-8-9-15-42(34)55-43)26-38(41)46-52-44(29-10-4-2-5-11-29)51-45(53-46)30-12-6-3-7-13-30/h2-27H,1H3. The molecule has 0 spiro atoms. The predicted octanol–water partition coefficient (Wildman–Crippen LogP) is 12.9. The Morgan fingerprint density at radius 2 is 1.05 bits per heavy atom. The van der Waals surface area contributed by atoms with Crippen LogP contribution in [0.25, 0.3) is 94.7 Å². The molecule has 10 aromatic rings. The Kier molecular flexibility index (Phi) is 7.42. The molecule has 0 amide bonds. The van der Waals surface area contributed by atoms with Gasteiger partial charge in [-0.2, -0.15) is 13.2 Å². The molecule has 10 rings (SSSR count). The summed E-state index contributed by atoms with van der Waals surface area (Å²) in [5.41, 5.74) is 8.16. The number of halogens is 3. The Bertz CT molecular complexity index is 3040. The molecule has 7 aromatic carbocycles. The van der Waals surface area contributed by atoms with Crippen molar-refractivity contribution in [2.45, 2.75) is 13.1 Å². The van der Waals surface area contributed by atoms with E-state index in [0.29, 0.717) is 39.6 Å². The van der Waals surface area contributed by atoms with Crippen molar-refractivity contribution in [1.29, 1.82) is 0 Å². The van der Waals surface area contributed by atoms with Gasteiger partial charge in [0.15, 0.2) is 17.5 Å². The normalized spacial score (nSPS) is 12.0.